The van der Waals surface area contributed by atoms with Gasteiger partial charge in [-0.05, 0) is 17.7 Å². The van der Waals surface area contributed by atoms with E-state index in [-0.39, 0.29) is 13.1 Å². The predicted molar refractivity (Wildman–Crippen MR) is 77.2 cm³/mol. The number of carbonyl (C=O) groups is 2. The Morgan fingerprint density at radius 1 is 1.28 bits per heavy atom. The highest BCUT2D eigenvalue weighted by Crippen LogP contribution is 2.17. The summed E-state index contributed by atoms with van der Waals surface area (Å²) < 4.78 is 62.7. The summed E-state index contributed by atoms with van der Waals surface area (Å²) in [7, 11) is 0. The third-order valence-electron chi connectivity index (χ3n) is 3.68. The summed E-state index contributed by atoms with van der Waals surface area (Å²) >= 11 is 0. The SMILES string of the molecule is O=C(CC1C(=O)NCCN1Cc1ccc(F)c(F)c1)NCC(F)(F)F. The van der Waals surface area contributed by atoms with Crippen LogP contribution in [0.2, 0.25) is 0 Å². The lowest BCUT2D eigenvalue weighted by atomic mass is 10.1. The molecule has 0 spiro atoms. The van der Waals surface area contributed by atoms with Crippen LogP contribution in [-0.4, -0.2) is 48.6 Å². The van der Waals surface area contributed by atoms with Crippen LogP contribution in [0.1, 0.15) is 12.0 Å². The number of alkyl halides is 3. The fourth-order valence-corrected chi connectivity index (χ4v) is 2.49. The molecule has 1 aromatic carbocycles. The molecule has 2 rings (SSSR count). The van der Waals surface area contributed by atoms with Crippen molar-refractivity contribution in [3.8, 4) is 0 Å². The Morgan fingerprint density at radius 2 is 2.00 bits per heavy atom. The van der Waals surface area contributed by atoms with Crippen LogP contribution >= 0.6 is 0 Å². The van der Waals surface area contributed by atoms with Crippen molar-refractivity contribution >= 4 is 11.8 Å². The van der Waals surface area contributed by atoms with E-state index in [1.165, 1.54) is 6.07 Å². The molecule has 0 saturated carbocycles. The van der Waals surface area contributed by atoms with Crippen LogP contribution in [-0.2, 0) is 16.1 Å². The van der Waals surface area contributed by atoms with E-state index in [1.54, 1.807) is 10.2 Å². The fourth-order valence-electron chi connectivity index (χ4n) is 2.49. The molecule has 1 aromatic rings. The Morgan fingerprint density at radius 3 is 2.64 bits per heavy atom. The van der Waals surface area contributed by atoms with Gasteiger partial charge in [0.15, 0.2) is 11.6 Å². The second kappa shape index (κ2) is 7.77. The summed E-state index contributed by atoms with van der Waals surface area (Å²) in [4.78, 5) is 25.2. The molecule has 10 heteroatoms. The van der Waals surface area contributed by atoms with Crippen molar-refractivity contribution in [1.29, 1.82) is 0 Å². The first kappa shape index (κ1) is 19.1. The van der Waals surface area contributed by atoms with E-state index in [9.17, 15) is 31.5 Å². The molecule has 1 atom stereocenters. The van der Waals surface area contributed by atoms with Gasteiger partial charge in [-0.25, -0.2) is 8.78 Å². The molecule has 1 saturated heterocycles. The van der Waals surface area contributed by atoms with Gasteiger partial charge < -0.3 is 10.6 Å². The average molecular weight is 365 g/mol. The summed E-state index contributed by atoms with van der Waals surface area (Å²) in [6.45, 7) is -0.823. The molecule has 1 aliphatic heterocycles. The van der Waals surface area contributed by atoms with Crippen LogP contribution in [0.4, 0.5) is 22.0 Å². The zero-order chi connectivity index (χ0) is 18.6. The van der Waals surface area contributed by atoms with Crippen LogP contribution in [0, 0.1) is 11.6 Å². The molecule has 0 aliphatic carbocycles. The first-order chi connectivity index (χ1) is 11.7. The number of amides is 2. The monoisotopic (exact) mass is 365 g/mol. The van der Waals surface area contributed by atoms with E-state index in [1.807, 2.05) is 0 Å². The Labute approximate surface area is 140 Å². The van der Waals surface area contributed by atoms with Gasteiger partial charge >= 0.3 is 6.18 Å². The highest BCUT2D eigenvalue weighted by atomic mass is 19.4. The second-order valence-corrected chi connectivity index (χ2v) is 5.62. The molecule has 0 bridgehead atoms. The fraction of sp³-hybridized carbons (Fsp3) is 0.467. The zero-order valence-corrected chi connectivity index (χ0v) is 13.0. The Kier molecular flexibility index (Phi) is 5.93. The van der Waals surface area contributed by atoms with Crippen LogP contribution in [0.3, 0.4) is 0 Å². The van der Waals surface area contributed by atoms with Gasteiger partial charge in [-0.3, -0.25) is 14.5 Å². The molecule has 2 amide bonds. The van der Waals surface area contributed by atoms with Crippen molar-refractivity contribution in [2.24, 2.45) is 0 Å². The summed E-state index contributed by atoms with van der Waals surface area (Å²) in [6.07, 6.45) is -5.01. The number of piperazine rings is 1. The minimum Gasteiger partial charge on any atom is -0.353 e. The molecule has 5 nitrogen and oxygen atoms in total. The summed E-state index contributed by atoms with van der Waals surface area (Å²) in [6, 6.07) is 2.27. The first-order valence-corrected chi connectivity index (χ1v) is 7.45. The van der Waals surface area contributed by atoms with E-state index in [0.717, 1.165) is 12.1 Å². The van der Waals surface area contributed by atoms with Crippen molar-refractivity contribution in [3.05, 3.63) is 35.4 Å². The third-order valence-corrected chi connectivity index (χ3v) is 3.68. The smallest absolute Gasteiger partial charge is 0.353 e. The van der Waals surface area contributed by atoms with Gasteiger partial charge in [0.25, 0.3) is 0 Å². The first-order valence-electron chi connectivity index (χ1n) is 7.45. The van der Waals surface area contributed by atoms with E-state index in [4.69, 9.17) is 0 Å². The van der Waals surface area contributed by atoms with Crippen LogP contribution in [0.15, 0.2) is 18.2 Å². The average Bonchev–Trinajstić information content (AvgIpc) is 2.52. The largest absolute Gasteiger partial charge is 0.405 e. The normalized spacial score (nSPS) is 18.8. The molecule has 25 heavy (non-hydrogen) atoms. The van der Waals surface area contributed by atoms with Gasteiger partial charge in [0, 0.05) is 19.6 Å². The molecule has 2 N–H and O–H groups in total. The van der Waals surface area contributed by atoms with E-state index in [0.29, 0.717) is 12.1 Å². The minimum atomic E-state index is -4.55. The quantitative estimate of drug-likeness (QED) is 0.774. The second-order valence-electron chi connectivity index (χ2n) is 5.62. The molecule has 1 heterocycles. The lowest BCUT2D eigenvalue weighted by molar-refractivity contribution is -0.141. The maximum absolute atomic E-state index is 13.3. The van der Waals surface area contributed by atoms with E-state index in [2.05, 4.69) is 5.32 Å². The number of carbonyl (C=O) groups excluding carboxylic acids is 2. The van der Waals surface area contributed by atoms with E-state index < -0.39 is 48.6 Å². The number of benzene rings is 1. The van der Waals surface area contributed by atoms with Gasteiger partial charge in [-0.15, -0.1) is 0 Å². The molecule has 0 radical (unpaired) electrons. The summed E-state index contributed by atoms with van der Waals surface area (Å²) in [5, 5.41) is 4.24. The Hall–Kier alpha value is -2.23. The molecule has 1 unspecified atom stereocenters. The van der Waals surface area contributed by atoms with Gasteiger partial charge in [-0.1, -0.05) is 6.07 Å². The van der Waals surface area contributed by atoms with Gasteiger partial charge in [0.2, 0.25) is 11.8 Å². The minimum absolute atomic E-state index is 0.0574. The topological polar surface area (TPSA) is 61.4 Å². The highest BCUT2D eigenvalue weighted by Gasteiger charge is 2.33. The number of hydrogen-bond acceptors (Lipinski definition) is 3. The number of nitrogens with one attached hydrogen (secondary N) is 2. The summed E-state index contributed by atoms with van der Waals surface area (Å²) in [5.41, 5.74) is 0.384. The molecule has 1 aliphatic rings. The maximum Gasteiger partial charge on any atom is 0.405 e. The van der Waals surface area contributed by atoms with Crippen molar-refractivity contribution in [2.75, 3.05) is 19.6 Å². The molecule has 1 fully saturated rings. The molecular formula is C15H16F5N3O2. The standard InChI is InChI=1S/C15H16F5N3O2/c16-10-2-1-9(5-11(10)17)7-23-4-3-21-14(25)12(23)6-13(24)22-8-15(18,19)20/h1-2,5,12H,3-4,6-8H2,(H,21,25)(H,22,24). The third kappa shape index (κ3) is 5.66. The zero-order valence-electron chi connectivity index (χ0n) is 13.0. The summed E-state index contributed by atoms with van der Waals surface area (Å²) in [5.74, 6) is -3.48. The molecule has 138 valence electrons. The number of nitrogens with zero attached hydrogens (tertiary/aromatic N) is 1. The Bertz CT molecular complexity index is 651. The van der Waals surface area contributed by atoms with Crippen LogP contribution in [0.25, 0.3) is 0 Å². The number of halogens is 5. The van der Waals surface area contributed by atoms with Crippen molar-refractivity contribution in [3.63, 3.8) is 0 Å². The van der Waals surface area contributed by atoms with Gasteiger partial charge in [-0.2, -0.15) is 13.2 Å². The van der Waals surface area contributed by atoms with E-state index >= 15 is 0 Å². The van der Waals surface area contributed by atoms with Gasteiger partial charge in [0.05, 0.1) is 12.5 Å². The lowest BCUT2D eigenvalue weighted by Gasteiger charge is -2.34. The lowest BCUT2D eigenvalue weighted by Crippen LogP contribution is -2.56. The molecular weight excluding hydrogens is 349 g/mol. The van der Waals surface area contributed by atoms with Crippen LogP contribution < -0.4 is 10.6 Å². The number of rotatable bonds is 5. The van der Waals surface area contributed by atoms with Crippen molar-refractivity contribution < 1.29 is 31.5 Å². The van der Waals surface area contributed by atoms with Gasteiger partial charge in [0.1, 0.15) is 6.54 Å². The van der Waals surface area contributed by atoms with Crippen LogP contribution in [0.5, 0.6) is 0 Å². The Balaban J connectivity index is 2.03. The molecule has 0 aromatic heterocycles. The van der Waals surface area contributed by atoms with Crippen molar-refractivity contribution in [1.82, 2.24) is 15.5 Å². The maximum atomic E-state index is 13.3. The highest BCUT2D eigenvalue weighted by molar-refractivity contribution is 5.88. The van der Waals surface area contributed by atoms with Crippen molar-refractivity contribution in [2.45, 2.75) is 25.2 Å². The number of hydrogen-bond donors (Lipinski definition) is 2. The predicted octanol–water partition coefficient (Wildman–Crippen LogP) is 1.33.